The molecule has 2 nitrogen and oxygen atoms in total. The van der Waals surface area contributed by atoms with Crippen LogP contribution in [0.1, 0.15) is 188 Å². The van der Waals surface area contributed by atoms with E-state index in [1.54, 1.807) is 0 Å². The van der Waals surface area contributed by atoms with Crippen LogP contribution in [0.2, 0.25) is 0 Å². The Kier molecular flexibility index (Phi) is 27.6. The summed E-state index contributed by atoms with van der Waals surface area (Å²) in [5.41, 5.74) is 0. The van der Waals surface area contributed by atoms with Gasteiger partial charge in [0.05, 0.1) is 6.61 Å². The molecule has 0 bridgehead atoms. The number of hydrogen-bond acceptors (Lipinski definition) is 2. The maximum absolute atomic E-state index is 12.1. The molecule has 2 heteroatoms. The van der Waals surface area contributed by atoms with E-state index in [9.17, 15) is 4.79 Å². The van der Waals surface area contributed by atoms with Gasteiger partial charge < -0.3 is 4.74 Å². The van der Waals surface area contributed by atoms with Gasteiger partial charge in [-0.3, -0.25) is 4.79 Å². The quantitative estimate of drug-likeness (QED) is 0.0798. The van der Waals surface area contributed by atoms with Gasteiger partial charge >= 0.3 is 5.97 Å². The van der Waals surface area contributed by atoms with Crippen molar-refractivity contribution in [2.75, 3.05) is 6.61 Å². The molecule has 0 aromatic heterocycles. The van der Waals surface area contributed by atoms with Gasteiger partial charge in [-0.25, -0.2) is 0 Å². The van der Waals surface area contributed by atoms with Gasteiger partial charge in [0.15, 0.2) is 0 Å². The minimum absolute atomic E-state index is 0.00256. The van der Waals surface area contributed by atoms with Crippen LogP contribution in [0.4, 0.5) is 0 Å². The minimum Gasteiger partial charge on any atom is -0.465 e. The molecule has 0 aliphatic carbocycles. The Morgan fingerprint density at radius 1 is 0.514 bits per heavy atom. The molecular formula is C33H66O2. The third-order valence-electron chi connectivity index (χ3n) is 7.49. The van der Waals surface area contributed by atoms with E-state index in [-0.39, 0.29) is 5.97 Å². The summed E-state index contributed by atoms with van der Waals surface area (Å²) in [7, 11) is 0. The molecular weight excluding hydrogens is 428 g/mol. The lowest BCUT2D eigenvalue weighted by Gasteiger charge is -2.17. The summed E-state index contributed by atoms with van der Waals surface area (Å²) in [5, 5.41) is 0. The van der Waals surface area contributed by atoms with Crippen molar-refractivity contribution in [2.45, 2.75) is 188 Å². The largest absolute Gasteiger partial charge is 0.465 e. The molecule has 1 unspecified atom stereocenters. The first-order valence-corrected chi connectivity index (χ1v) is 16.3. The van der Waals surface area contributed by atoms with Crippen molar-refractivity contribution in [2.24, 2.45) is 11.8 Å². The van der Waals surface area contributed by atoms with Crippen LogP contribution in [0, 0.1) is 11.8 Å². The fourth-order valence-corrected chi connectivity index (χ4v) is 5.11. The number of ether oxygens (including phenoxy) is 1. The normalized spacial score (nSPS) is 12.4. The van der Waals surface area contributed by atoms with E-state index in [2.05, 4.69) is 27.7 Å². The molecule has 0 aliphatic heterocycles. The molecule has 0 heterocycles. The highest BCUT2D eigenvalue weighted by Gasteiger charge is 2.13. The smallest absolute Gasteiger partial charge is 0.306 e. The molecule has 0 aliphatic rings. The van der Waals surface area contributed by atoms with E-state index in [0.29, 0.717) is 24.9 Å². The third-order valence-corrected chi connectivity index (χ3v) is 7.49. The van der Waals surface area contributed by atoms with Crippen molar-refractivity contribution in [3.05, 3.63) is 0 Å². The number of esters is 1. The average molecular weight is 495 g/mol. The highest BCUT2D eigenvalue weighted by Crippen LogP contribution is 2.21. The Morgan fingerprint density at radius 3 is 1.14 bits per heavy atom. The van der Waals surface area contributed by atoms with Crippen LogP contribution in [-0.4, -0.2) is 12.6 Å². The fourth-order valence-electron chi connectivity index (χ4n) is 5.11. The molecule has 0 fully saturated rings. The van der Waals surface area contributed by atoms with E-state index in [4.69, 9.17) is 4.74 Å². The number of hydrogen-bond donors (Lipinski definition) is 0. The zero-order valence-electron chi connectivity index (χ0n) is 24.9. The molecule has 210 valence electrons. The first kappa shape index (κ1) is 34.5. The number of rotatable bonds is 28. The third kappa shape index (κ3) is 27.9. The zero-order chi connectivity index (χ0) is 25.8. The van der Waals surface area contributed by atoms with Crippen LogP contribution < -0.4 is 0 Å². The van der Waals surface area contributed by atoms with Crippen LogP contribution >= 0.6 is 0 Å². The number of carbonyl (C=O) groups excluding carboxylic acids is 1. The first-order valence-electron chi connectivity index (χ1n) is 16.3. The second-order valence-corrected chi connectivity index (χ2v) is 11.8. The highest BCUT2D eigenvalue weighted by molar-refractivity contribution is 5.69. The van der Waals surface area contributed by atoms with Crippen LogP contribution in [-0.2, 0) is 9.53 Å². The van der Waals surface area contributed by atoms with Crippen molar-refractivity contribution in [1.82, 2.24) is 0 Å². The summed E-state index contributed by atoms with van der Waals surface area (Å²) < 4.78 is 5.68. The highest BCUT2D eigenvalue weighted by atomic mass is 16.5. The van der Waals surface area contributed by atoms with Crippen molar-refractivity contribution in [3.8, 4) is 0 Å². The van der Waals surface area contributed by atoms with Crippen molar-refractivity contribution >= 4 is 5.97 Å². The number of unbranched alkanes of at least 4 members (excludes halogenated alkanes) is 20. The second kappa shape index (κ2) is 28.0. The van der Waals surface area contributed by atoms with E-state index < -0.39 is 0 Å². The molecule has 0 amide bonds. The maximum atomic E-state index is 12.1. The molecule has 0 N–H and O–H groups in total. The standard InChI is InChI=1S/C33H66O2/c1-5-7-9-11-13-15-17-18-20-22-24-26-28-32(30-35-33(34)29-31(3)4)27-25-23-21-19-16-14-12-10-8-6-2/h31-32H,5-30H2,1-4H3. The maximum Gasteiger partial charge on any atom is 0.306 e. The second-order valence-electron chi connectivity index (χ2n) is 11.8. The lowest BCUT2D eigenvalue weighted by atomic mass is 9.94. The SMILES string of the molecule is CCCCCCCCCCCCCCC(CCCCCCCCCCCC)COC(=O)CC(C)C. The van der Waals surface area contributed by atoms with Gasteiger partial charge in [0, 0.05) is 6.42 Å². The predicted octanol–water partition coefficient (Wildman–Crippen LogP) is 11.6. The monoisotopic (exact) mass is 495 g/mol. The Balaban J connectivity index is 3.88. The number of carbonyl (C=O) groups is 1. The summed E-state index contributed by atoms with van der Waals surface area (Å²) >= 11 is 0. The van der Waals surface area contributed by atoms with Gasteiger partial charge in [0.25, 0.3) is 0 Å². The van der Waals surface area contributed by atoms with Crippen molar-refractivity contribution in [3.63, 3.8) is 0 Å². The Bertz CT molecular complexity index is 417. The van der Waals surface area contributed by atoms with Crippen molar-refractivity contribution in [1.29, 1.82) is 0 Å². The van der Waals surface area contributed by atoms with Crippen LogP contribution in [0.15, 0.2) is 0 Å². The predicted molar refractivity (Wildman–Crippen MR) is 156 cm³/mol. The summed E-state index contributed by atoms with van der Waals surface area (Å²) in [6.07, 6.45) is 33.7. The fraction of sp³-hybridized carbons (Fsp3) is 0.970. The Hall–Kier alpha value is -0.530. The average Bonchev–Trinajstić information content (AvgIpc) is 2.83. The first-order chi connectivity index (χ1) is 17.1. The van der Waals surface area contributed by atoms with E-state index >= 15 is 0 Å². The lowest BCUT2D eigenvalue weighted by Crippen LogP contribution is -2.15. The Morgan fingerprint density at radius 2 is 0.829 bits per heavy atom. The van der Waals surface area contributed by atoms with Gasteiger partial charge in [-0.15, -0.1) is 0 Å². The van der Waals surface area contributed by atoms with Gasteiger partial charge in [0.2, 0.25) is 0 Å². The molecule has 0 rings (SSSR count). The molecule has 0 radical (unpaired) electrons. The topological polar surface area (TPSA) is 26.3 Å². The zero-order valence-corrected chi connectivity index (χ0v) is 24.9. The van der Waals surface area contributed by atoms with Crippen LogP contribution in [0.25, 0.3) is 0 Å². The summed E-state index contributed by atoms with van der Waals surface area (Å²) in [4.78, 5) is 12.1. The lowest BCUT2D eigenvalue weighted by molar-refractivity contribution is -0.146. The van der Waals surface area contributed by atoms with Gasteiger partial charge in [-0.05, 0) is 24.7 Å². The molecule has 1 atom stereocenters. The molecule has 0 aromatic rings. The van der Waals surface area contributed by atoms with Crippen LogP contribution in [0.3, 0.4) is 0 Å². The van der Waals surface area contributed by atoms with Gasteiger partial charge in [0.1, 0.15) is 0 Å². The molecule has 0 aromatic carbocycles. The molecule has 0 spiro atoms. The van der Waals surface area contributed by atoms with Gasteiger partial charge in [-0.1, -0.05) is 169 Å². The van der Waals surface area contributed by atoms with Crippen LogP contribution in [0.5, 0.6) is 0 Å². The minimum atomic E-state index is 0.00256. The van der Waals surface area contributed by atoms with Gasteiger partial charge in [-0.2, -0.15) is 0 Å². The summed E-state index contributed by atoms with van der Waals surface area (Å²) in [6.45, 7) is 9.42. The van der Waals surface area contributed by atoms with E-state index in [1.165, 1.54) is 154 Å². The summed E-state index contributed by atoms with van der Waals surface area (Å²) in [6, 6.07) is 0. The Labute approximate surface area is 222 Å². The summed E-state index contributed by atoms with van der Waals surface area (Å²) in [5.74, 6) is 0.963. The molecule has 0 saturated heterocycles. The molecule has 35 heavy (non-hydrogen) atoms. The molecule has 0 saturated carbocycles. The van der Waals surface area contributed by atoms with E-state index in [0.717, 1.165) is 0 Å². The van der Waals surface area contributed by atoms with E-state index in [1.807, 2.05) is 0 Å². The van der Waals surface area contributed by atoms with Crippen molar-refractivity contribution < 1.29 is 9.53 Å².